The Hall–Kier alpha value is -2.43. The molecule has 1 amide bonds. The van der Waals surface area contributed by atoms with E-state index < -0.39 is 0 Å². The molecule has 0 spiro atoms. The maximum Gasteiger partial charge on any atom is 0.251 e. The summed E-state index contributed by atoms with van der Waals surface area (Å²) in [4.78, 5) is 15.4. The lowest BCUT2D eigenvalue weighted by Gasteiger charge is -2.16. The molecule has 1 heterocycles. The third kappa shape index (κ3) is 3.32. The van der Waals surface area contributed by atoms with E-state index in [9.17, 15) is 9.18 Å². The first-order valence-corrected chi connectivity index (χ1v) is 6.29. The first-order valence-electron chi connectivity index (χ1n) is 6.29. The summed E-state index contributed by atoms with van der Waals surface area (Å²) in [5, 5.41) is 5.79. The smallest absolute Gasteiger partial charge is 0.251 e. The molecule has 0 aliphatic heterocycles. The Bertz CT molecular complexity index is 616. The number of anilines is 1. The number of carbonyl (C=O) groups excluding carboxylic acids is 1. The lowest BCUT2D eigenvalue weighted by Crippen LogP contribution is -2.18. The summed E-state index contributed by atoms with van der Waals surface area (Å²) >= 11 is 0. The molecular formula is C15H16FN3O. The van der Waals surface area contributed by atoms with Crippen LogP contribution in [0, 0.1) is 5.82 Å². The Morgan fingerprint density at radius 1 is 1.30 bits per heavy atom. The molecule has 2 N–H and O–H groups in total. The topological polar surface area (TPSA) is 54.0 Å². The highest BCUT2D eigenvalue weighted by molar-refractivity contribution is 5.94. The second-order valence-electron chi connectivity index (χ2n) is 4.46. The molecule has 0 saturated heterocycles. The minimum Gasteiger partial charge on any atom is -0.378 e. The standard InChI is InChI=1S/C15H16FN3O/c1-10(12-6-13(16)9-18-8-12)19-14-5-3-4-11(7-14)15(20)17-2/h3-10,19H,1-2H3,(H,17,20). The number of nitrogens with zero attached hydrogens (tertiary/aromatic N) is 1. The largest absolute Gasteiger partial charge is 0.378 e. The third-order valence-electron chi connectivity index (χ3n) is 2.96. The van der Waals surface area contributed by atoms with Crippen LogP contribution in [0.3, 0.4) is 0 Å². The third-order valence-corrected chi connectivity index (χ3v) is 2.96. The number of hydrogen-bond donors (Lipinski definition) is 2. The highest BCUT2D eigenvalue weighted by Crippen LogP contribution is 2.20. The second kappa shape index (κ2) is 6.14. The molecule has 20 heavy (non-hydrogen) atoms. The van der Waals surface area contributed by atoms with Crippen molar-refractivity contribution in [2.24, 2.45) is 0 Å². The molecule has 5 heteroatoms. The van der Waals surface area contributed by atoms with E-state index >= 15 is 0 Å². The van der Waals surface area contributed by atoms with Crippen molar-refractivity contribution in [3.05, 3.63) is 59.7 Å². The van der Waals surface area contributed by atoms with Gasteiger partial charge < -0.3 is 10.6 Å². The molecule has 104 valence electrons. The summed E-state index contributed by atoms with van der Waals surface area (Å²) < 4.78 is 13.1. The van der Waals surface area contributed by atoms with Gasteiger partial charge in [-0.15, -0.1) is 0 Å². The van der Waals surface area contributed by atoms with Gasteiger partial charge in [-0.3, -0.25) is 9.78 Å². The molecule has 0 bridgehead atoms. The quantitative estimate of drug-likeness (QED) is 0.900. The molecule has 1 unspecified atom stereocenters. The Balaban J connectivity index is 2.15. The normalized spacial score (nSPS) is 11.8. The fraction of sp³-hybridized carbons (Fsp3) is 0.200. The highest BCUT2D eigenvalue weighted by Gasteiger charge is 2.08. The van der Waals surface area contributed by atoms with Crippen LogP contribution in [0.2, 0.25) is 0 Å². The molecule has 0 saturated carbocycles. The zero-order chi connectivity index (χ0) is 14.5. The number of rotatable bonds is 4. The van der Waals surface area contributed by atoms with E-state index in [-0.39, 0.29) is 17.8 Å². The van der Waals surface area contributed by atoms with Crippen molar-refractivity contribution >= 4 is 11.6 Å². The van der Waals surface area contributed by atoms with Gasteiger partial charge in [0, 0.05) is 24.5 Å². The van der Waals surface area contributed by atoms with Crippen LogP contribution >= 0.6 is 0 Å². The first-order chi connectivity index (χ1) is 9.60. The van der Waals surface area contributed by atoms with Crippen LogP contribution < -0.4 is 10.6 Å². The van der Waals surface area contributed by atoms with Gasteiger partial charge in [0.15, 0.2) is 0 Å². The fourth-order valence-electron chi connectivity index (χ4n) is 1.89. The molecule has 0 aliphatic carbocycles. The zero-order valence-corrected chi connectivity index (χ0v) is 11.4. The number of benzene rings is 1. The number of carbonyl (C=O) groups is 1. The molecule has 0 radical (unpaired) electrons. The van der Waals surface area contributed by atoms with Crippen LogP contribution in [0.1, 0.15) is 28.9 Å². The summed E-state index contributed by atoms with van der Waals surface area (Å²) in [5.41, 5.74) is 2.11. The summed E-state index contributed by atoms with van der Waals surface area (Å²) in [6, 6.07) is 8.46. The average molecular weight is 273 g/mol. The van der Waals surface area contributed by atoms with Crippen molar-refractivity contribution in [1.29, 1.82) is 0 Å². The minimum absolute atomic E-state index is 0.113. The molecule has 2 rings (SSSR count). The van der Waals surface area contributed by atoms with Crippen molar-refractivity contribution in [2.75, 3.05) is 12.4 Å². The first kappa shape index (κ1) is 14.0. The Morgan fingerprint density at radius 2 is 2.10 bits per heavy atom. The van der Waals surface area contributed by atoms with Crippen molar-refractivity contribution < 1.29 is 9.18 Å². The van der Waals surface area contributed by atoms with Gasteiger partial charge in [0.25, 0.3) is 5.91 Å². The van der Waals surface area contributed by atoms with Crippen LogP contribution in [0.4, 0.5) is 10.1 Å². The Labute approximate surface area is 117 Å². The predicted molar refractivity (Wildman–Crippen MR) is 76.1 cm³/mol. The predicted octanol–water partition coefficient (Wildman–Crippen LogP) is 2.75. The van der Waals surface area contributed by atoms with Gasteiger partial charge in [0.05, 0.1) is 12.2 Å². The van der Waals surface area contributed by atoms with Gasteiger partial charge in [0.2, 0.25) is 0 Å². The molecule has 1 aromatic carbocycles. The average Bonchev–Trinajstić information content (AvgIpc) is 2.46. The van der Waals surface area contributed by atoms with Crippen molar-refractivity contribution in [3.63, 3.8) is 0 Å². The number of nitrogens with one attached hydrogen (secondary N) is 2. The summed E-state index contributed by atoms with van der Waals surface area (Å²) in [6.07, 6.45) is 2.78. The van der Waals surface area contributed by atoms with E-state index in [4.69, 9.17) is 0 Å². The van der Waals surface area contributed by atoms with E-state index in [0.29, 0.717) is 5.56 Å². The van der Waals surface area contributed by atoms with Crippen molar-refractivity contribution in [2.45, 2.75) is 13.0 Å². The lowest BCUT2D eigenvalue weighted by molar-refractivity contribution is 0.0963. The maximum absolute atomic E-state index is 13.1. The number of aromatic nitrogens is 1. The van der Waals surface area contributed by atoms with Gasteiger partial charge in [0.1, 0.15) is 5.82 Å². The monoisotopic (exact) mass is 273 g/mol. The molecule has 1 atom stereocenters. The summed E-state index contributed by atoms with van der Waals surface area (Å²) in [5.74, 6) is -0.510. The molecule has 0 fully saturated rings. The van der Waals surface area contributed by atoms with E-state index in [2.05, 4.69) is 15.6 Å². The van der Waals surface area contributed by atoms with Crippen LogP contribution in [0.25, 0.3) is 0 Å². The van der Waals surface area contributed by atoms with Gasteiger partial charge >= 0.3 is 0 Å². The SMILES string of the molecule is CNC(=O)c1cccc(NC(C)c2cncc(F)c2)c1. The van der Waals surface area contributed by atoms with Gasteiger partial charge in [-0.2, -0.15) is 0 Å². The van der Waals surface area contributed by atoms with Crippen LogP contribution in [-0.2, 0) is 0 Å². The molecule has 1 aromatic heterocycles. The number of amides is 1. The second-order valence-corrected chi connectivity index (χ2v) is 4.46. The van der Waals surface area contributed by atoms with Gasteiger partial charge in [-0.1, -0.05) is 6.07 Å². The fourth-order valence-corrected chi connectivity index (χ4v) is 1.89. The van der Waals surface area contributed by atoms with E-state index in [1.807, 2.05) is 13.0 Å². The number of hydrogen-bond acceptors (Lipinski definition) is 3. The summed E-state index contributed by atoms with van der Waals surface area (Å²) in [6.45, 7) is 1.91. The molecule has 2 aromatic rings. The molecule has 0 aliphatic rings. The number of pyridine rings is 1. The van der Waals surface area contributed by atoms with Gasteiger partial charge in [-0.25, -0.2) is 4.39 Å². The Morgan fingerprint density at radius 3 is 2.80 bits per heavy atom. The van der Waals surface area contributed by atoms with E-state index in [1.54, 1.807) is 31.4 Å². The Kier molecular flexibility index (Phi) is 4.30. The van der Waals surface area contributed by atoms with Crippen LogP contribution in [-0.4, -0.2) is 17.9 Å². The van der Waals surface area contributed by atoms with Gasteiger partial charge in [-0.05, 0) is 36.8 Å². The highest BCUT2D eigenvalue weighted by atomic mass is 19.1. The maximum atomic E-state index is 13.1. The molecular weight excluding hydrogens is 257 g/mol. The summed E-state index contributed by atoms with van der Waals surface area (Å²) in [7, 11) is 1.59. The minimum atomic E-state index is -0.365. The van der Waals surface area contributed by atoms with E-state index in [0.717, 1.165) is 11.3 Å². The lowest BCUT2D eigenvalue weighted by atomic mass is 10.1. The van der Waals surface area contributed by atoms with Crippen LogP contribution in [0.5, 0.6) is 0 Å². The van der Waals surface area contributed by atoms with Crippen molar-refractivity contribution in [1.82, 2.24) is 10.3 Å². The zero-order valence-electron chi connectivity index (χ0n) is 11.4. The molecule has 4 nitrogen and oxygen atoms in total. The van der Waals surface area contributed by atoms with Crippen LogP contribution in [0.15, 0.2) is 42.7 Å². The van der Waals surface area contributed by atoms with E-state index in [1.165, 1.54) is 12.3 Å². The van der Waals surface area contributed by atoms with Crippen molar-refractivity contribution in [3.8, 4) is 0 Å². The number of halogens is 1.